The summed E-state index contributed by atoms with van der Waals surface area (Å²) in [5.41, 5.74) is 2.85. The standard InChI is InChI=1S/C20H22N2O4S/c1-3-20(24)22-10-9-15-7-8-18(11-17(15)13-22)21-27(25,26)19-6-4-5-16(12-19)14(2)23/h4-8,11-12,21H,3,9-10,13H2,1-2H3. The molecule has 1 heterocycles. The number of hydrogen-bond acceptors (Lipinski definition) is 4. The van der Waals surface area contributed by atoms with Gasteiger partial charge in [-0.05, 0) is 48.7 Å². The molecule has 6 nitrogen and oxygen atoms in total. The van der Waals surface area contributed by atoms with E-state index in [2.05, 4.69) is 4.72 Å². The van der Waals surface area contributed by atoms with Crippen molar-refractivity contribution in [3.8, 4) is 0 Å². The number of Topliss-reactive ketones (excluding diaryl/α,β-unsaturated/α-hetero) is 1. The number of carbonyl (C=O) groups excluding carboxylic acids is 2. The zero-order valence-corrected chi connectivity index (χ0v) is 16.2. The first-order valence-electron chi connectivity index (χ1n) is 8.83. The number of hydrogen-bond donors (Lipinski definition) is 1. The lowest BCUT2D eigenvalue weighted by molar-refractivity contribution is -0.131. The van der Waals surface area contributed by atoms with Crippen molar-refractivity contribution in [3.63, 3.8) is 0 Å². The fraction of sp³-hybridized carbons (Fsp3) is 0.300. The Morgan fingerprint density at radius 3 is 2.59 bits per heavy atom. The van der Waals surface area contributed by atoms with Crippen molar-refractivity contribution in [2.24, 2.45) is 0 Å². The zero-order chi connectivity index (χ0) is 19.6. The molecule has 1 aliphatic rings. The van der Waals surface area contributed by atoms with Gasteiger partial charge in [0.2, 0.25) is 5.91 Å². The number of anilines is 1. The second-order valence-corrected chi connectivity index (χ2v) is 8.27. The molecule has 2 aromatic carbocycles. The number of rotatable bonds is 5. The topological polar surface area (TPSA) is 83.6 Å². The zero-order valence-electron chi connectivity index (χ0n) is 15.4. The van der Waals surface area contributed by atoms with Crippen molar-refractivity contribution in [3.05, 3.63) is 59.2 Å². The molecule has 0 bridgehead atoms. The molecule has 0 radical (unpaired) electrons. The van der Waals surface area contributed by atoms with Gasteiger partial charge in [-0.2, -0.15) is 0 Å². The third kappa shape index (κ3) is 4.19. The SMILES string of the molecule is CCC(=O)N1CCc2ccc(NS(=O)(=O)c3cccc(C(C)=O)c3)cc2C1. The molecule has 1 N–H and O–H groups in total. The second kappa shape index (κ2) is 7.52. The van der Waals surface area contributed by atoms with Gasteiger partial charge in [0.1, 0.15) is 0 Å². The molecule has 27 heavy (non-hydrogen) atoms. The van der Waals surface area contributed by atoms with Crippen LogP contribution in [-0.4, -0.2) is 31.6 Å². The highest BCUT2D eigenvalue weighted by molar-refractivity contribution is 7.92. The maximum absolute atomic E-state index is 12.7. The lowest BCUT2D eigenvalue weighted by Crippen LogP contribution is -2.35. The van der Waals surface area contributed by atoms with E-state index in [4.69, 9.17) is 0 Å². The molecule has 0 aromatic heterocycles. The number of carbonyl (C=O) groups is 2. The van der Waals surface area contributed by atoms with Gasteiger partial charge in [0.15, 0.2) is 5.78 Å². The van der Waals surface area contributed by atoms with Gasteiger partial charge in [-0.15, -0.1) is 0 Å². The Morgan fingerprint density at radius 2 is 1.89 bits per heavy atom. The molecule has 0 unspecified atom stereocenters. The quantitative estimate of drug-likeness (QED) is 0.801. The van der Waals surface area contributed by atoms with Gasteiger partial charge in [0.05, 0.1) is 4.90 Å². The fourth-order valence-corrected chi connectivity index (χ4v) is 4.25. The number of nitrogens with one attached hydrogen (secondary N) is 1. The Balaban J connectivity index is 1.85. The van der Waals surface area contributed by atoms with Crippen molar-refractivity contribution in [2.45, 2.75) is 38.1 Å². The molecule has 0 fully saturated rings. The van der Waals surface area contributed by atoms with Gasteiger partial charge >= 0.3 is 0 Å². The molecule has 1 amide bonds. The molecule has 0 aliphatic carbocycles. The van der Waals surface area contributed by atoms with Crippen LogP contribution in [0.4, 0.5) is 5.69 Å². The van der Waals surface area contributed by atoms with Gasteiger partial charge in [-0.1, -0.05) is 25.1 Å². The van der Waals surface area contributed by atoms with Gasteiger partial charge < -0.3 is 4.90 Å². The van der Waals surface area contributed by atoms with E-state index in [0.717, 1.165) is 17.5 Å². The molecular weight excluding hydrogens is 364 g/mol. The Labute approximate surface area is 159 Å². The molecule has 0 saturated heterocycles. The average Bonchev–Trinajstić information content (AvgIpc) is 2.66. The smallest absolute Gasteiger partial charge is 0.261 e. The van der Waals surface area contributed by atoms with Gasteiger partial charge in [0, 0.05) is 30.8 Å². The van der Waals surface area contributed by atoms with Crippen molar-refractivity contribution in [1.82, 2.24) is 4.90 Å². The molecular formula is C20H22N2O4S. The minimum atomic E-state index is -3.81. The lowest BCUT2D eigenvalue weighted by Gasteiger charge is -2.29. The summed E-state index contributed by atoms with van der Waals surface area (Å²) in [6.45, 7) is 4.39. The van der Waals surface area contributed by atoms with Gasteiger partial charge in [0.25, 0.3) is 10.0 Å². The average molecular weight is 386 g/mol. The van der Waals surface area contributed by atoms with Crippen LogP contribution in [0.15, 0.2) is 47.4 Å². The van der Waals surface area contributed by atoms with Crippen molar-refractivity contribution in [2.75, 3.05) is 11.3 Å². The van der Waals surface area contributed by atoms with Crippen LogP contribution in [0, 0.1) is 0 Å². The molecule has 0 saturated carbocycles. The monoisotopic (exact) mass is 386 g/mol. The van der Waals surface area contributed by atoms with Gasteiger partial charge in [-0.3, -0.25) is 14.3 Å². The lowest BCUT2D eigenvalue weighted by atomic mass is 9.99. The van der Waals surface area contributed by atoms with E-state index in [1.807, 2.05) is 13.0 Å². The summed E-state index contributed by atoms with van der Waals surface area (Å²) in [7, 11) is -3.81. The summed E-state index contributed by atoms with van der Waals surface area (Å²) in [4.78, 5) is 25.3. The van der Waals surface area contributed by atoms with E-state index in [-0.39, 0.29) is 16.6 Å². The molecule has 1 aliphatic heterocycles. The van der Waals surface area contributed by atoms with E-state index >= 15 is 0 Å². The van der Waals surface area contributed by atoms with Crippen LogP contribution < -0.4 is 4.72 Å². The molecule has 0 spiro atoms. The van der Waals surface area contributed by atoms with Crippen LogP contribution in [0.25, 0.3) is 0 Å². The highest BCUT2D eigenvalue weighted by Crippen LogP contribution is 2.25. The number of amides is 1. The van der Waals surface area contributed by atoms with E-state index in [0.29, 0.717) is 30.8 Å². The van der Waals surface area contributed by atoms with Crippen LogP contribution in [0.5, 0.6) is 0 Å². The summed E-state index contributed by atoms with van der Waals surface area (Å²) in [6, 6.07) is 11.3. The number of benzene rings is 2. The maximum atomic E-state index is 12.7. The Bertz CT molecular complexity index is 999. The summed E-state index contributed by atoms with van der Waals surface area (Å²) in [6.07, 6.45) is 1.21. The van der Waals surface area contributed by atoms with Crippen LogP contribution >= 0.6 is 0 Å². The first kappa shape index (κ1) is 19.1. The summed E-state index contributed by atoms with van der Waals surface area (Å²) in [5, 5.41) is 0. The molecule has 2 aromatic rings. The van der Waals surface area contributed by atoms with Crippen molar-refractivity contribution < 1.29 is 18.0 Å². The second-order valence-electron chi connectivity index (χ2n) is 6.59. The highest BCUT2D eigenvalue weighted by atomic mass is 32.2. The molecule has 7 heteroatoms. The minimum absolute atomic E-state index is 0.0377. The van der Waals surface area contributed by atoms with Crippen LogP contribution in [0.3, 0.4) is 0 Å². The van der Waals surface area contributed by atoms with Crippen LogP contribution in [-0.2, 0) is 27.8 Å². The predicted molar refractivity (Wildman–Crippen MR) is 103 cm³/mol. The first-order valence-corrected chi connectivity index (χ1v) is 10.3. The number of nitrogens with zero attached hydrogens (tertiary/aromatic N) is 1. The molecule has 142 valence electrons. The number of ketones is 1. The first-order chi connectivity index (χ1) is 12.8. The third-order valence-corrected chi connectivity index (χ3v) is 6.06. The Kier molecular flexibility index (Phi) is 5.32. The normalized spacial score (nSPS) is 13.8. The van der Waals surface area contributed by atoms with Crippen molar-refractivity contribution >= 4 is 27.4 Å². The molecule has 0 atom stereocenters. The summed E-state index contributed by atoms with van der Waals surface area (Å²) >= 11 is 0. The van der Waals surface area contributed by atoms with E-state index < -0.39 is 10.0 Å². The van der Waals surface area contributed by atoms with Crippen LogP contribution in [0.1, 0.15) is 41.8 Å². The summed E-state index contributed by atoms with van der Waals surface area (Å²) in [5.74, 6) is -0.103. The van der Waals surface area contributed by atoms with Crippen molar-refractivity contribution in [1.29, 1.82) is 0 Å². The minimum Gasteiger partial charge on any atom is -0.338 e. The third-order valence-electron chi connectivity index (χ3n) is 4.68. The largest absolute Gasteiger partial charge is 0.338 e. The van der Waals surface area contributed by atoms with E-state index in [1.54, 1.807) is 29.2 Å². The highest BCUT2D eigenvalue weighted by Gasteiger charge is 2.21. The van der Waals surface area contributed by atoms with Crippen LogP contribution in [0.2, 0.25) is 0 Å². The Morgan fingerprint density at radius 1 is 1.11 bits per heavy atom. The Hall–Kier alpha value is -2.67. The van der Waals surface area contributed by atoms with E-state index in [1.165, 1.54) is 19.1 Å². The number of sulfonamides is 1. The van der Waals surface area contributed by atoms with E-state index in [9.17, 15) is 18.0 Å². The number of fused-ring (bicyclic) bond motifs is 1. The molecule has 3 rings (SSSR count). The summed E-state index contributed by atoms with van der Waals surface area (Å²) < 4.78 is 27.9. The maximum Gasteiger partial charge on any atom is 0.261 e. The predicted octanol–water partition coefficient (Wildman–Crippen LogP) is 2.98. The van der Waals surface area contributed by atoms with Gasteiger partial charge in [-0.25, -0.2) is 8.42 Å². The fourth-order valence-electron chi connectivity index (χ4n) is 3.15.